The van der Waals surface area contributed by atoms with Crippen molar-refractivity contribution in [3.63, 3.8) is 0 Å². The molecule has 11 heteroatoms. The minimum Gasteiger partial charge on any atom is -0.325 e. The molecule has 1 aromatic heterocycles. The van der Waals surface area contributed by atoms with Crippen molar-refractivity contribution in [3.8, 4) is 0 Å². The largest absolute Gasteiger partial charge is 0.325 e. The normalized spacial score (nSPS) is 15.0. The zero-order chi connectivity index (χ0) is 21.8. The Hall–Kier alpha value is -2.98. The van der Waals surface area contributed by atoms with E-state index in [0.29, 0.717) is 5.16 Å². The lowest BCUT2D eigenvalue weighted by Crippen LogP contribution is -2.20. The molecule has 1 heterocycles. The fourth-order valence-corrected chi connectivity index (χ4v) is 4.82. The number of amides is 1. The monoisotopic (exact) mass is 458 g/mol. The highest BCUT2D eigenvalue weighted by molar-refractivity contribution is 8.00. The van der Waals surface area contributed by atoms with Crippen molar-refractivity contribution in [1.29, 1.82) is 0 Å². The number of nitrogens with one attached hydrogen (secondary N) is 1. The maximum Gasteiger partial charge on any atom is 0.289 e. The van der Waals surface area contributed by atoms with E-state index in [4.69, 9.17) is 11.6 Å². The van der Waals surface area contributed by atoms with Gasteiger partial charge in [0.1, 0.15) is 10.3 Å². The van der Waals surface area contributed by atoms with Gasteiger partial charge in [-0.2, -0.15) is 0 Å². The summed E-state index contributed by atoms with van der Waals surface area (Å²) in [5.41, 5.74) is 0.793. The van der Waals surface area contributed by atoms with Crippen molar-refractivity contribution in [2.75, 3.05) is 5.32 Å². The first kappa shape index (κ1) is 21.3. The van der Waals surface area contributed by atoms with Crippen LogP contribution in [0.5, 0.6) is 0 Å². The van der Waals surface area contributed by atoms with Crippen molar-refractivity contribution in [2.24, 2.45) is 0 Å². The van der Waals surface area contributed by atoms with E-state index < -0.39 is 10.2 Å². The first-order chi connectivity index (χ1) is 15.0. The molecule has 1 saturated carbocycles. The van der Waals surface area contributed by atoms with Crippen molar-refractivity contribution in [2.45, 2.75) is 42.1 Å². The van der Waals surface area contributed by atoms with Gasteiger partial charge in [-0.1, -0.05) is 66.5 Å². The number of hydrogen-bond acceptors (Lipinski definition) is 7. The third-order valence-corrected chi connectivity index (χ3v) is 6.63. The Morgan fingerprint density at radius 3 is 2.68 bits per heavy atom. The van der Waals surface area contributed by atoms with Crippen LogP contribution in [0.4, 0.5) is 11.4 Å². The highest BCUT2D eigenvalue weighted by Crippen LogP contribution is 2.38. The molecule has 1 atom stereocenters. The summed E-state index contributed by atoms with van der Waals surface area (Å²) in [6.07, 6.45) is 4.28. The summed E-state index contributed by atoms with van der Waals surface area (Å²) >= 11 is 7.14. The van der Waals surface area contributed by atoms with Crippen LogP contribution in [0, 0.1) is 10.1 Å². The number of halogens is 1. The van der Waals surface area contributed by atoms with Crippen molar-refractivity contribution in [3.05, 3.63) is 69.2 Å². The summed E-state index contributed by atoms with van der Waals surface area (Å²) in [5, 5.41) is 26.0. The van der Waals surface area contributed by atoms with Crippen LogP contribution in [0.2, 0.25) is 5.02 Å². The van der Waals surface area contributed by atoms with Crippen molar-refractivity contribution >= 4 is 40.6 Å². The topological polar surface area (TPSA) is 116 Å². The second kappa shape index (κ2) is 9.44. The van der Waals surface area contributed by atoms with E-state index in [1.165, 1.54) is 30.0 Å². The number of aromatic nitrogens is 4. The predicted molar refractivity (Wildman–Crippen MR) is 117 cm³/mol. The van der Waals surface area contributed by atoms with E-state index in [1.807, 2.05) is 30.3 Å². The van der Waals surface area contributed by atoms with Gasteiger partial charge in [0.15, 0.2) is 0 Å². The van der Waals surface area contributed by atoms with Gasteiger partial charge in [-0.05, 0) is 41.0 Å². The highest BCUT2D eigenvalue weighted by atomic mass is 35.5. The number of hydrogen-bond donors (Lipinski definition) is 1. The van der Waals surface area contributed by atoms with Crippen LogP contribution in [-0.2, 0) is 4.79 Å². The van der Waals surface area contributed by atoms with Crippen molar-refractivity contribution < 1.29 is 9.72 Å². The summed E-state index contributed by atoms with van der Waals surface area (Å²) in [6.45, 7) is 0. The number of nitrogens with zero attached hydrogens (tertiary/aromatic N) is 5. The lowest BCUT2D eigenvalue weighted by molar-refractivity contribution is -0.384. The SMILES string of the molecule is O=C(Nc1ccc(Cl)c([N+](=O)[O-])c1)C(Sc1nnnn1C1CCCC1)c1ccccc1. The molecule has 1 aliphatic carbocycles. The Bertz CT molecular complexity index is 1090. The maximum atomic E-state index is 13.2. The Kier molecular flexibility index (Phi) is 6.47. The Morgan fingerprint density at radius 2 is 1.97 bits per heavy atom. The predicted octanol–water partition coefficient (Wildman–Crippen LogP) is 4.82. The van der Waals surface area contributed by atoms with Crippen LogP contribution in [0.25, 0.3) is 0 Å². The van der Waals surface area contributed by atoms with Crippen LogP contribution in [0.15, 0.2) is 53.7 Å². The number of rotatable bonds is 7. The molecule has 31 heavy (non-hydrogen) atoms. The summed E-state index contributed by atoms with van der Waals surface area (Å²) in [4.78, 5) is 23.8. The Labute approximate surface area is 187 Å². The molecule has 160 valence electrons. The molecule has 1 unspecified atom stereocenters. The minimum atomic E-state index is -0.651. The second-order valence-electron chi connectivity index (χ2n) is 7.17. The standard InChI is InChI=1S/C20H19ClN6O3S/c21-16-11-10-14(12-17(16)27(29)30)22-19(28)18(13-6-2-1-3-7-13)31-20-23-24-25-26(20)15-8-4-5-9-15/h1-3,6-7,10-12,15,18H,4-5,8-9H2,(H,22,28). The zero-order valence-electron chi connectivity index (χ0n) is 16.3. The third-order valence-electron chi connectivity index (χ3n) is 5.11. The van der Waals surface area contributed by atoms with Crippen LogP contribution >= 0.6 is 23.4 Å². The summed E-state index contributed by atoms with van der Waals surface area (Å²) in [6, 6.07) is 13.7. The van der Waals surface area contributed by atoms with Crippen molar-refractivity contribution in [1.82, 2.24) is 20.2 Å². The van der Waals surface area contributed by atoms with Gasteiger partial charge in [-0.15, -0.1) is 5.10 Å². The van der Waals surface area contributed by atoms with E-state index >= 15 is 0 Å². The van der Waals surface area contributed by atoms with Crippen LogP contribution < -0.4 is 5.32 Å². The number of carbonyl (C=O) groups is 1. The number of tetrazole rings is 1. The molecule has 2 aromatic carbocycles. The zero-order valence-corrected chi connectivity index (χ0v) is 17.9. The first-order valence-corrected chi connectivity index (χ1v) is 11.0. The van der Waals surface area contributed by atoms with Gasteiger partial charge in [-0.3, -0.25) is 14.9 Å². The number of benzene rings is 2. The molecular formula is C20H19ClN6O3S. The molecule has 0 radical (unpaired) electrons. The van der Waals surface area contributed by atoms with Gasteiger partial charge in [0.05, 0.1) is 11.0 Å². The number of thioether (sulfide) groups is 1. The number of anilines is 1. The van der Waals surface area contributed by atoms with E-state index in [0.717, 1.165) is 31.2 Å². The average molecular weight is 459 g/mol. The molecule has 0 aliphatic heterocycles. The third kappa shape index (κ3) is 4.86. The summed E-state index contributed by atoms with van der Waals surface area (Å²) < 4.78 is 1.80. The van der Waals surface area contributed by atoms with Crippen LogP contribution in [-0.4, -0.2) is 31.0 Å². The Balaban J connectivity index is 1.61. The highest BCUT2D eigenvalue weighted by Gasteiger charge is 2.28. The molecule has 1 amide bonds. The van der Waals surface area contributed by atoms with E-state index in [1.54, 1.807) is 4.68 Å². The van der Waals surface area contributed by atoms with E-state index in [9.17, 15) is 14.9 Å². The smallest absolute Gasteiger partial charge is 0.289 e. The lowest BCUT2D eigenvalue weighted by atomic mass is 10.1. The second-order valence-corrected chi connectivity index (χ2v) is 8.64. The van der Waals surface area contributed by atoms with Gasteiger partial charge in [-0.25, -0.2) is 4.68 Å². The number of nitro benzene ring substituents is 1. The van der Waals surface area contributed by atoms with Crippen LogP contribution in [0.3, 0.4) is 0 Å². The average Bonchev–Trinajstić information content (AvgIpc) is 3.45. The molecule has 0 spiro atoms. The molecule has 4 rings (SSSR count). The van der Waals surface area contributed by atoms with Gasteiger partial charge >= 0.3 is 0 Å². The minimum absolute atomic E-state index is 0.00715. The fourth-order valence-electron chi connectivity index (χ4n) is 3.59. The number of carbonyl (C=O) groups excluding carboxylic acids is 1. The first-order valence-electron chi connectivity index (χ1n) is 9.77. The summed E-state index contributed by atoms with van der Waals surface area (Å²) in [7, 11) is 0. The molecule has 0 saturated heterocycles. The molecule has 1 fully saturated rings. The van der Waals surface area contributed by atoms with Gasteiger partial charge in [0.2, 0.25) is 11.1 Å². The molecule has 1 aliphatic rings. The van der Waals surface area contributed by atoms with Gasteiger partial charge < -0.3 is 5.32 Å². The molecule has 0 bridgehead atoms. The molecule has 3 aromatic rings. The molecule has 9 nitrogen and oxygen atoms in total. The fraction of sp³-hybridized carbons (Fsp3) is 0.300. The number of nitro groups is 1. The summed E-state index contributed by atoms with van der Waals surface area (Å²) in [5.74, 6) is -0.339. The van der Waals surface area contributed by atoms with E-state index in [-0.39, 0.29) is 28.3 Å². The van der Waals surface area contributed by atoms with Gasteiger partial charge in [0.25, 0.3) is 5.69 Å². The maximum absolute atomic E-state index is 13.2. The van der Waals surface area contributed by atoms with Crippen LogP contribution in [0.1, 0.15) is 42.5 Å². The molecule has 1 N–H and O–H groups in total. The van der Waals surface area contributed by atoms with Gasteiger partial charge in [0, 0.05) is 11.8 Å². The van der Waals surface area contributed by atoms with E-state index in [2.05, 4.69) is 20.8 Å². The quantitative estimate of drug-likeness (QED) is 0.306. The lowest BCUT2D eigenvalue weighted by Gasteiger charge is -2.18. The Morgan fingerprint density at radius 1 is 1.23 bits per heavy atom. The molecular weight excluding hydrogens is 440 g/mol.